The Morgan fingerprint density at radius 1 is 1.33 bits per heavy atom. The molecule has 0 N–H and O–H groups in total. The van der Waals surface area contributed by atoms with E-state index in [1.165, 1.54) is 0 Å². The van der Waals surface area contributed by atoms with Crippen LogP contribution < -0.4 is 0 Å². The zero-order valence-electron chi connectivity index (χ0n) is 4.41. The van der Waals surface area contributed by atoms with E-state index >= 15 is 0 Å². The minimum absolute atomic E-state index is 0.264. The molecule has 1 heteroatoms. The summed E-state index contributed by atoms with van der Waals surface area (Å²) in [6.45, 7) is 5.46. The van der Waals surface area contributed by atoms with E-state index in [9.17, 15) is 4.79 Å². The van der Waals surface area contributed by atoms with Crippen LogP contribution in [0.3, 0.4) is 0 Å². The van der Waals surface area contributed by atoms with Crippen molar-refractivity contribution < 1.29 is 4.79 Å². The molecule has 0 aliphatic rings. The summed E-state index contributed by atoms with van der Waals surface area (Å²) in [7, 11) is 0. The maximum Gasteiger partial charge on any atom is 0.204 e. The third kappa shape index (κ3) is 3.67. The molecule has 0 fully saturated rings. The number of hydrogen-bond acceptors (Lipinski definition) is 1. The van der Waals surface area contributed by atoms with Gasteiger partial charge in [0.05, 0.1) is 0 Å². The molecule has 0 saturated heterocycles. The van der Waals surface area contributed by atoms with Crippen LogP contribution in [0.15, 0.2) is 0 Å². The SMILES string of the molecule is CC(C)(C)[C]=O. The summed E-state index contributed by atoms with van der Waals surface area (Å²) in [6, 6.07) is 0. The molecule has 0 aromatic heterocycles. The first-order chi connectivity index (χ1) is 2.56. The van der Waals surface area contributed by atoms with E-state index in [4.69, 9.17) is 0 Å². The lowest BCUT2D eigenvalue weighted by Gasteiger charge is -2.02. The van der Waals surface area contributed by atoms with Crippen LogP contribution in [0.4, 0.5) is 0 Å². The summed E-state index contributed by atoms with van der Waals surface area (Å²) >= 11 is 0. The van der Waals surface area contributed by atoms with Gasteiger partial charge in [-0.1, -0.05) is 20.8 Å². The predicted molar refractivity (Wildman–Crippen MR) is 25.1 cm³/mol. The van der Waals surface area contributed by atoms with E-state index in [1.54, 1.807) is 0 Å². The van der Waals surface area contributed by atoms with Gasteiger partial charge in [-0.15, -0.1) is 0 Å². The zero-order valence-corrected chi connectivity index (χ0v) is 4.41. The second kappa shape index (κ2) is 1.41. The van der Waals surface area contributed by atoms with Crippen LogP contribution in [0.2, 0.25) is 0 Å². The highest BCUT2D eigenvalue weighted by molar-refractivity contribution is 5.57. The van der Waals surface area contributed by atoms with Crippen molar-refractivity contribution in [3.8, 4) is 0 Å². The fraction of sp³-hybridized carbons (Fsp3) is 0.800. The molecule has 0 aliphatic heterocycles. The lowest BCUT2D eigenvalue weighted by atomic mass is 10.0. The number of hydrogen-bond donors (Lipinski definition) is 0. The molecule has 1 radical (unpaired) electrons. The molecule has 0 aromatic carbocycles. The Balaban J connectivity index is 3.45. The molecule has 0 bridgehead atoms. The summed E-state index contributed by atoms with van der Waals surface area (Å²) in [4.78, 5) is 9.70. The topological polar surface area (TPSA) is 17.1 Å². The Morgan fingerprint density at radius 2 is 1.50 bits per heavy atom. The lowest BCUT2D eigenvalue weighted by molar-refractivity contribution is 0.479. The average molecular weight is 85.1 g/mol. The Bertz CT molecular complexity index is 49.4. The smallest absolute Gasteiger partial charge is 0.204 e. The van der Waals surface area contributed by atoms with Gasteiger partial charge in [-0.3, -0.25) is 4.79 Å². The molecule has 35 valence electrons. The van der Waals surface area contributed by atoms with Gasteiger partial charge in [-0.2, -0.15) is 0 Å². The van der Waals surface area contributed by atoms with E-state index in [0.717, 1.165) is 0 Å². The van der Waals surface area contributed by atoms with Crippen molar-refractivity contribution in [2.45, 2.75) is 20.8 Å². The van der Waals surface area contributed by atoms with Gasteiger partial charge in [0.25, 0.3) is 0 Å². The first-order valence-corrected chi connectivity index (χ1v) is 1.95. The van der Waals surface area contributed by atoms with Gasteiger partial charge in [0.15, 0.2) is 0 Å². The Hall–Kier alpha value is -0.330. The molecule has 0 spiro atoms. The second-order valence-corrected chi connectivity index (χ2v) is 2.35. The summed E-state index contributed by atoms with van der Waals surface area (Å²) in [5.74, 6) is 0. The zero-order chi connectivity index (χ0) is 5.21. The van der Waals surface area contributed by atoms with Crippen LogP contribution in [-0.2, 0) is 4.79 Å². The summed E-state index contributed by atoms with van der Waals surface area (Å²) in [5.41, 5.74) is -0.264. The summed E-state index contributed by atoms with van der Waals surface area (Å²) < 4.78 is 0. The van der Waals surface area contributed by atoms with Crippen molar-refractivity contribution in [1.29, 1.82) is 0 Å². The van der Waals surface area contributed by atoms with Crippen LogP contribution in [0.5, 0.6) is 0 Å². The van der Waals surface area contributed by atoms with E-state index in [0.29, 0.717) is 0 Å². The standard InChI is InChI=1S/C5H9O/c1-5(2,3)4-6/h1-3H3. The minimum atomic E-state index is -0.264. The van der Waals surface area contributed by atoms with Crippen molar-refractivity contribution in [2.75, 3.05) is 0 Å². The van der Waals surface area contributed by atoms with Gasteiger partial charge in [-0.25, -0.2) is 0 Å². The molecule has 1 nitrogen and oxygen atoms in total. The molecule has 0 aliphatic carbocycles. The Labute approximate surface area is 38.4 Å². The predicted octanol–water partition coefficient (Wildman–Crippen LogP) is 1.14. The van der Waals surface area contributed by atoms with E-state index in [1.807, 2.05) is 27.1 Å². The molecular weight excluding hydrogens is 76.1 g/mol. The Kier molecular flexibility index (Phi) is 1.34. The normalized spacial score (nSPS) is 11.2. The van der Waals surface area contributed by atoms with Crippen molar-refractivity contribution in [1.82, 2.24) is 0 Å². The first-order valence-electron chi connectivity index (χ1n) is 1.95. The molecule has 0 aromatic rings. The lowest BCUT2D eigenvalue weighted by Crippen LogP contribution is -2.04. The van der Waals surface area contributed by atoms with Crippen molar-refractivity contribution >= 4 is 6.29 Å². The third-order valence-corrected chi connectivity index (χ3v) is 0.306. The summed E-state index contributed by atoms with van der Waals surface area (Å²) in [5, 5.41) is 0. The number of carbonyl (C=O) groups excluding carboxylic acids is 1. The molecular formula is C5H9O. The maximum atomic E-state index is 9.70. The second-order valence-electron chi connectivity index (χ2n) is 2.35. The minimum Gasteiger partial charge on any atom is -0.290 e. The molecule has 0 heterocycles. The van der Waals surface area contributed by atoms with Gasteiger partial charge in [0.1, 0.15) is 0 Å². The van der Waals surface area contributed by atoms with Crippen molar-refractivity contribution in [2.24, 2.45) is 5.41 Å². The average Bonchev–Trinajstić information content (AvgIpc) is 1.35. The van der Waals surface area contributed by atoms with Crippen molar-refractivity contribution in [3.05, 3.63) is 0 Å². The monoisotopic (exact) mass is 85.1 g/mol. The molecule has 0 unspecified atom stereocenters. The van der Waals surface area contributed by atoms with Crippen LogP contribution >= 0.6 is 0 Å². The van der Waals surface area contributed by atoms with Gasteiger partial charge < -0.3 is 0 Å². The molecule has 0 amide bonds. The molecule has 0 saturated carbocycles. The highest BCUT2D eigenvalue weighted by Crippen LogP contribution is 2.05. The van der Waals surface area contributed by atoms with Gasteiger partial charge in [0, 0.05) is 5.41 Å². The quantitative estimate of drug-likeness (QED) is 0.431. The highest BCUT2D eigenvalue weighted by Gasteiger charge is 2.06. The van der Waals surface area contributed by atoms with Gasteiger partial charge in [-0.05, 0) is 0 Å². The van der Waals surface area contributed by atoms with E-state index < -0.39 is 0 Å². The molecule has 0 rings (SSSR count). The number of rotatable bonds is 0. The maximum absolute atomic E-state index is 9.70. The van der Waals surface area contributed by atoms with Gasteiger partial charge in [0.2, 0.25) is 6.29 Å². The third-order valence-electron chi connectivity index (χ3n) is 0.306. The van der Waals surface area contributed by atoms with Crippen molar-refractivity contribution in [3.63, 3.8) is 0 Å². The molecule has 6 heavy (non-hydrogen) atoms. The van der Waals surface area contributed by atoms with Crippen LogP contribution in [0.1, 0.15) is 20.8 Å². The fourth-order valence-electron chi connectivity index (χ4n) is 0. The fourth-order valence-corrected chi connectivity index (χ4v) is 0. The molecule has 0 atom stereocenters. The summed E-state index contributed by atoms with van der Waals surface area (Å²) in [6.07, 6.45) is 1.85. The first kappa shape index (κ1) is 5.67. The van der Waals surface area contributed by atoms with Crippen LogP contribution in [0.25, 0.3) is 0 Å². The van der Waals surface area contributed by atoms with Crippen LogP contribution in [-0.4, -0.2) is 6.29 Å². The highest BCUT2D eigenvalue weighted by atomic mass is 16.1. The Morgan fingerprint density at radius 3 is 1.50 bits per heavy atom. The van der Waals surface area contributed by atoms with E-state index in [-0.39, 0.29) is 5.41 Å². The van der Waals surface area contributed by atoms with E-state index in [2.05, 4.69) is 0 Å². The van der Waals surface area contributed by atoms with Gasteiger partial charge >= 0.3 is 0 Å². The largest absolute Gasteiger partial charge is 0.290 e. The van der Waals surface area contributed by atoms with Crippen LogP contribution in [0, 0.1) is 5.41 Å².